The number of hydrogen-bond acceptors (Lipinski definition) is 12. The van der Waals surface area contributed by atoms with Crippen molar-refractivity contribution in [1.82, 2.24) is 26.7 Å². The molecule has 0 rings (SSSR count). The van der Waals surface area contributed by atoms with Crippen LogP contribution in [0.5, 0.6) is 0 Å². The number of rotatable bonds is 44. The van der Waals surface area contributed by atoms with Crippen LogP contribution in [0.4, 0.5) is 0 Å². The second-order valence-corrected chi connectivity index (χ2v) is 14.5. The Morgan fingerprint density at radius 3 is 1.29 bits per heavy atom. The van der Waals surface area contributed by atoms with Crippen molar-refractivity contribution in [2.24, 2.45) is 5.84 Å². The van der Waals surface area contributed by atoms with Gasteiger partial charge >= 0.3 is 5.97 Å². The van der Waals surface area contributed by atoms with E-state index in [1.807, 2.05) is 0 Å². The molecular formula is C41H78N6O11. The minimum Gasteiger partial charge on any atom is -0.481 e. The van der Waals surface area contributed by atoms with Crippen LogP contribution in [0.3, 0.4) is 0 Å². The minimum atomic E-state index is -0.696. The molecule has 17 heteroatoms. The quantitative estimate of drug-likeness (QED) is 0.0265. The molecule has 1 unspecified atom stereocenters. The summed E-state index contributed by atoms with van der Waals surface area (Å²) in [5, 5.41) is 19.8. The number of Topliss-reactive ketones (excluding diaryl/α,β-unsaturated/α-hetero) is 1. The Morgan fingerprint density at radius 2 is 0.828 bits per heavy atom. The van der Waals surface area contributed by atoms with Gasteiger partial charge in [-0.1, -0.05) is 77.0 Å². The molecule has 0 radical (unpaired) electrons. The van der Waals surface area contributed by atoms with E-state index in [0.717, 1.165) is 51.4 Å². The number of ketones is 1. The van der Waals surface area contributed by atoms with Crippen LogP contribution in [0.15, 0.2) is 0 Å². The summed E-state index contributed by atoms with van der Waals surface area (Å²) in [6, 6.07) is -0.362. The lowest BCUT2D eigenvalue weighted by Crippen LogP contribution is -2.40. The molecule has 0 aliphatic rings. The number of carbonyl (C=O) groups excluding carboxylic acids is 5. The Bertz CT molecular complexity index is 1070. The van der Waals surface area contributed by atoms with Gasteiger partial charge in [0.15, 0.2) is 0 Å². The molecule has 0 aromatic heterocycles. The Hall–Kier alpha value is -3.22. The summed E-state index contributed by atoms with van der Waals surface area (Å²) in [5.74, 6) is 4.05. The van der Waals surface area contributed by atoms with E-state index in [4.69, 9.17) is 29.9 Å². The summed E-state index contributed by atoms with van der Waals surface area (Å²) in [4.78, 5) is 69.6. The Balaban J connectivity index is 3.40. The van der Waals surface area contributed by atoms with E-state index in [2.05, 4.69) is 26.7 Å². The average Bonchev–Trinajstić information content (AvgIpc) is 3.19. The lowest BCUT2D eigenvalue weighted by molar-refractivity contribution is -0.137. The first-order valence-electron chi connectivity index (χ1n) is 21.7. The second kappa shape index (κ2) is 41.9. The van der Waals surface area contributed by atoms with E-state index in [0.29, 0.717) is 64.9 Å². The molecular weight excluding hydrogens is 752 g/mol. The SMILES string of the molecule is CC(=O)C(CCCCNC(=O)COCCOCCNC(=O)COCCOCCNC(=O)CCCNC(=O)CCCCCCCCCCCCCCCCC(=O)O)NN. The van der Waals surface area contributed by atoms with Gasteiger partial charge in [-0.3, -0.25) is 34.6 Å². The summed E-state index contributed by atoms with van der Waals surface area (Å²) in [5.41, 5.74) is 2.48. The average molecular weight is 831 g/mol. The lowest BCUT2D eigenvalue weighted by Gasteiger charge is -2.12. The summed E-state index contributed by atoms with van der Waals surface area (Å²) in [7, 11) is 0. The van der Waals surface area contributed by atoms with Crippen LogP contribution in [0.25, 0.3) is 0 Å². The third kappa shape index (κ3) is 41.0. The van der Waals surface area contributed by atoms with Crippen LogP contribution in [-0.2, 0) is 47.7 Å². The van der Waals surface area contributed by atoms with Gasteiger partial charge in [0.05, 0.1) is 45.7 Å². The second-order valence-electron chi connectivity index (χ2n) is 14.5. The van der Waals surface area contributed by atoms with E-state index in [1.54, 1.807) is 0 Å². The maximum atomic E-state index is 12.1. The molecule has 0 spiro atoms. The number of amides is 4. The van der Waals surface area contributed by atoms with Gasteiger partial charge in [0.2, 0.25) is 23.6 Å². The van der Waals surface area contributed by atoms with Gasteiger partial charge in [0.25, 0.3) is 0 Å². The smallest absolute Gasteiger partial charge is 0.303 e. The molecule has 58 heavy (non-hydrogen) atoms. The molecule has 0 aromatic carbocycles. The molecule has 8 N–H and O–H groups in total. The Kier molecular flexibility index (Phi) is 39.6. The number of unbranched alkanes of at least 4 members (excludes halogenated alkanes) is 14. The fourth-order valence-corrected chi connectivity index (χ4v) is 5.84. The van der Waals surface area contributed by atoms with Gasteiger partial charge in [-0.05, 0) is 45.4 Å². The summed E-state index contributed by atoms with van der Waals surface area (Å²) >= 11 is 0. The number of carboxylic acid groups (broad SMARTS) is 1. The highest BCUT2D eigenvalue weighted by atomic mass is 16.5. The third-order valence-corrected chi connectivity index (χ3v) is 9.23. The van der Waals surface area contributed by atoms with Crippen molar-refractivity contribution in [2.75, 3.05) is 79.0 Å². The maximum Gasteiger partial charge on any atom is 0.303 e. The molecule has 338 valence electrons. The van der Waals surface area contributed by atoms with Crippen molar-refractivity contribution < 1.29 is 52.8 Å². The first kappa shape index (κ1) is 54.8. The molecule has 0 aliphatic carbocycles. The fourth-order valence-electron chi connectivity index (χ4n) is 5.84. The van der Waals surface area contributed by atoms with Crippen LogP contribution >= 0.6 is 0 Å². The van der Waals surface area contributed by atoms with Crippen LogP contribution in [0.2, 0.25) is 0 Å². The number of nitrogens with two attached hydrogens (primary N) is 1. The first-order valence-corrected chi connectivity index (χ1v) is 21.7. The number of carbonyl (C=O) groups is 6. The standard InChI is InChI=1S/C41H78N6O11/c1-35(48)36(47-42)19-16-17-23-44-39(51)33-57-31-30-56-28-26-46-40(52)34-58-32-29-55-27-25-45-38(50)21-18-24-43-37(49)20-14-12-10-8-6-4-2-3-5-7-9-11-13-15-22-41(53)54/h36,47H,2-34,42H2,1H3,(H,43,49)(H,44,51)(H,45,50)(H,46,52)(H,53,54). The van der Waals surface area contributed by atoms with Crippen molar-refractivity contribution in [3.63, 3.8) is 0 Å². The molecule has 0 aliphatic heterocycles. The molecule has 0 heterocycles. The molecule has 4 amide bonds. The molecule has 1 atom stereocenters. The highest BCUT2D eigenvalue weighted by Gasteiger charge is 2.11. The molecule has 0 fully saturated rings. The van der Waals surface area contributed by atoms with Crippen LogP contribution in [0.1, 0.15) is 142 Å². The van der Waals surface area contributed by atoms with Gasteiger partial charge < -0.3 is 45.3 Å². The van der Waals surface area contributed by atoms with Crippen molar-refractivity contribution in [2.45, 2.75) is 148 Å². The largest absolute Gasteiger partial charge is 0.481 e. The predicted octanol–water partition coefficient (Wildman–Crippen LogP) is 3.22. The number of carboxylic acids is 1. The van der Waals surface area contributed by atoms with E-state index < -0.39 is 5.97 Å². The van der Waals surface area contributed by atoms with Gasteiger partial charge in [0.1, 0.15) is 19.0 Å². The van der Waals surface area contributed by atoms with Crippen molar-refractivity contribution in [3.8, 4) is 0 Å². The highest BCUT2D eigenvalue weighted by Crippen LogP contribution is 2.14. The third-order valence-electron chi connectivity index (χ3n) is 9.23. The van der Waals surface area contributed by atoms with Crippen molar-refractivity contribution >= 4 is 35.4 Å². The minimum absolute atomic E-state index is 0.0138. The topological polar surface area (TPSA) is 246 Å². The zero-order valence-corrected chi connectivity index (χ0v) is 35.5. The number of hydrazine groups is 1. The maximum absolute atomic E-state index is 12.1. The van der Waals surface area contributed by atoms with Gasteiger partial charge in [-0.15, -0.1) is 0 Å². The van der Waals surface area contributed by atoms with E-state index in [1.165, 1.54) is 58.3 Å². The van der Waals surface area contributed by atoms with Gasteiger partial charge in [-0.25, -0.2) is 5.43 Å². The zero-order chi connectivity index (χ0) is 42.7. The molecule has 0 aromatic rings. The molecule has 0 saturated heterocycles. The predicted molar refractivity (Wildman–Crippen MR) is 222 cm³/mol. The zero-order valence-electron chi connectivity index (χ0n) is 35.5. The van der Waals surface area contributed by atoms with E-state index >= 15 is 0 Å². The van der Waals surface area contributed by atoms with Crippen LogP contribution < -0.4 is 32.5 Å². The van der Waals surface area contributed by atoms with Crippen molar-refractivity contribution in [1.29, 1.82) is 0 Å². The summed E-state index contributed by atoms with van der Waals surface area (Å²) in [6.45, 7) is 4.57. The molecule has 0 saturated carbocycles. The van der Waals surface area contributed by atoms with Gasteiger partial charge in [0, 0.05) is 45.4 Å². The number of hydrogen-bond donors (Lipinski definition) is 7. The normalized spacial score (nSPS) is 11.6. The first-order chi connectivity index (χ1) is 28.1. The number of aliphatic carboxylic acids is 1. The monoisotopic (exact) mass is 831 g/mol. The lowest BCUT2D eigenvalue weighted by atomic mass is 10.0. The molecule has 0 bridgehead atoms. The number of nitrogens with one attached hydrogen (secondary N) is 5. The Labute approximate surface area is 347 Å². The van der Waals surface area contributed by atoms with Crippen molar-refractivity contribution in [3.05, 3.63) is 0 Å². The van der Waals surface area contributed by atoms with E-state index in [9.17, 15) is 28.8 Å². The Morgan fingerprint density at radius 1 is 0.448 bits per heavy atom. The fraction of sp³-hybridized carbons (Fsp3) is 0.854. The van der Waals surface area contributed by atoms with E-state index in [-0.39, 0.29) is 81.7 Å². The highest BCUT2D eigenvalue weighted by molar-refractivity contribution is 5.81. The summed E-state index contributed by atoms with van der Waals surface area (Å²) < 4.78 is 21.4. The molecule has 17 nitrogen and oxygen atoms in total. The summed E-state index contributed by atoms with van der Waals surface area (Å²) in [6.07, 6.45) is 19.9. The van der Waals surface area contributed by atoms with Gasteiger partial charge in [-0.2, -0.15) is 0 Å². The van der Waals surface area contributed by atoms with Crippen LogP contribution in [0, 0.1) is 0 Å². The van der Waals surface area contributed by atoms with Crippen LogP contribution in [-0.4, -0.2) is 126 Å². The number of ether oxygens (including phenoxy) is 4.